The predicted molar refractivity (Wildman–Crippen MR) is 110 cm³/mol. The van der Waals surface area contributed by atoms with Crippen molar-refractivity contribution in [3.63, 3.8) is 0 Å². The molecule has 0 aliphatic rings. The van der Waals surface area contributed by atoms with Crippen LogP contribution in [0.15, 0.2) is 35.9 Å². The van der Waals surface area contributed by atoms with Gasteiger partial charge in [-0.3, -0.25) is 9.13 Å². The number of hydrogen-bond donors (Lipinski definition) is 4. The summed E-state index contributed by atoms with van der Waals surface area (Å²) >= 11 is 0. The summed E-state index contributed by atoms with van der Waals surface area (Å²) in [5, 5.41) is -3.27. The first-order valence-electron chi connectivity index (χ1n) is 9.54. The van der Waals surface area contributed by atoms with E-state index in [-0.39, 0.29) is 24.5 Å². The highest BCUT2D eigenvalue weighted by molar-refractivity contribution is 7.72. The first kappa shape index (κ1) is 28.0. The van der Waals surface area contributed by atoms with Crippen molar-refractivity contribution in [2.24, 2.45) is 5.92 Å². The summed E-state index contributed by atoms with van der Waals surface area (Å²) < 4.78 is 68.4. The zero-order chi connectivity index (χ0) is 24.1. The summed E-state index contributed by atoms with van der Waals surface area (Å²) in [7, 11) is -11.2. The minimum Gasteiger partial charge on any atom is -0.352 e. The smallest absolute Gasteiger partial charge is 0.352 e. The number of hydrogen-bond acceptors (Lipinski definition) is 3. The van der Waals surface area contributed by atoms with Gasteiger partial charge in [0.15, 0.2) is 0 Å². The van der Waals surface area contributed by atoms with E-state index in [1.807, 2.05) is 26.8 Å². The van der Waals surface area contributed by atoms with Crippen LogP contribution in [0.25, 0.3) is 0 Å². The molecule has 0 amide bonds. The van der Waals surface area contributed by atoms with Crippen LogP contribution >= 0.6 is 15.2 Å². The van der Waals surface area contributed by atoms with Crippen LogP contribution < -0.4 is 0 Å². The number of benzene rings is 1. The van der Waals surface area contributed by atoms with Crippen LogP contribution in [-0.2, 0) is 26.5 Å². The van der Waals surface area contributed by atoms with Crippen molar-refractivity contribution in [1.82, 2.24) is 0 Å². The molecule has 1 rings (SSSR count). The van der Waals surface area contributed by atoms with E-state index in [0.717, 1.165) is 36.6 Å². The van der Waals surface area contributed by atoms with Crippen LogP contribution in [0.4, 0.5) is 13.2 Å². The van der Waals surface area contributed by atoms with E-state index in [2.05, 4.69) is 0 Å². The highest BCUT2D eigenvalue weighted by Crippen LogP contribution is 2.70. The fraction of sp³-hybridized carbons (Fsp3) is 0.579. The van der Waals surface area contributed by atoms with Gasteiger partial charge in [-0.2, -0.15) is 13.2 Å². The van der Waals surface area contributed by atoms with Gasteiger partial charge in [-0.25, -0.2) is 0 Å². The highest BCUT2D eigenvalue weighted by atomic mass is 31.2. The fourth-order valence-electron chi connectivity index (χ4n) is 2.94. The van der Waals surface area contributed by atoms with Crippen molar-refractivity contribution in [3.8, 4) is 0 Å². The molecule has 31 heavy (non-hydrogen) atoms. The van der Waals surface area contributed by atoms with Crippen molar-refractivity contribution < 1.29 is 46.6 Å². The SMILES string of the molecule is CC(C)=CCC[C@H](C)CCOC(Cc1cccc(C(F)(F)F)c1)(P(=O)(O)O)P(=O)(O)O. The average molecular weight is 488 g/mol. The molecule has 1 atom stereocenters. The maximum absolute atomic E-state index is 13.0. The maximum atomic E-state index is 13.0. The molecule has 1 aromatic rings. The van der Waals surface area contributed by atoms with E-state index < -0.39 is 38.4 Å². The van der Waals surface area contributed by atoms with Gasteiger partial charge in [-0.05, 0) is 50.7 Å². The van der Waals surface area contributed by atoms with Crippen LogP contribution in [0.5, 0.6) is 0 Å². The molecule has 0 bridgehead atoms. The lowest BCUT2D eigenvalue weighted by molar-refractivity contribution is -0.137. The van der Waals surface area contributed by atoms with Gasteiger partial charge in [0.2, 0.25) is 0 Å². The Kier molecular flexibility index (Phi) is 9.73. The number of allylic oxidation sites excluding steroid dienone is 2. The molecule has 0 aliphatic carbocycles. The third kappa shape index (κ3) is 8.13. The van der Waals surface area contributed by atoms with Crippen LogP contribution in [0, 0.1) is 5.92 Å². The van der Waals surface area contributed by atoms with Crippen LogP contribution in [0.1, 0.15) is 51.2 Å². The first-order chi connectivity index (χ1) is 14.0. The molecule has 0 unspecified atom stereocenters. The molecule has 4 N–H and O–H groups in total. The second-order valence-electron chi connectivity index (χ2n) is 7.81. The Morgan fingerprint density at radius 2 is 1.68 bits per heavy atom. The number of alkyl halides is 3. The van der Waals surface area contributed by atoms with E-state index in [1.165, 1.54) is 0 Å². The molecule has 0 saturated heterocycles. The molecule has 0 radical (unpaired) electrons. The van der Waals surface area contributed by atoms with Crippen molar-refractivity contribution >= 4 is 15.2 Å². The average Bonchev–Trinajstić information content (AvgIpc) is 2.58. The van der Waals surface area contributed by atoms with Crippen molar-refractivity contribution in [3.05, 3.63) is 47.0 Å². The van der Waals surface area contributed by atoms with E-state index >= 15 is 0 Å². The minimum absolute atomic E-state index is 0.0235. The van der Waals surface area contributed by atoms with Crippen LogP contribution in [0.2, 0.25) is 0 Å². The summed E-state index contributed by atoms with van der Waals surface area (Å²) in [6.45, 7) is 5.35. The van der Waals surface area contributed by atoms with Gasteiger partial charge in [0.25, 0.3) is 5.08 Å². The minimum atomic E-state index is -5.62. The lowest BCUT2D eigenvalue weighted by Gasteiger charge is -2.35. The lowest BCUT2D eigenvalue weighted by Crippen LogP contribution is -2.36. The summed E-state index contributed by atoms with van der Waals surface area (Å²) in [6.07, 6.45) is -2.07. The monoisotopic (exact) mass is 488 g/mol. The molecular formula is C19H29F3O7P2. The van der Waals surface area contributed by atoms with E-state index in [1.54, 1.807) is 0 Å². The van der Waals surface area contributed by atoms with Gasteiger partial charge in [0.1, 0.15) is 0 Å². The number of ether oxygens (including phenoxy) is 1. The molecule has 0 aliphatic heterocycles. The number of rotatable bonds is 11. The maximum Gasteiger partial charge on any atom is 0.416 e. The Morgan fingerprint density at radius 3 is 2.16 bits per heavy atom. The molecule has 12 heteroatoms. The topological polar surface area (TPSA) is 124 Å². The van der Waals surface area contributed by atoms with E-state index in [4.69, 9.17) is 4.74 Å². The third-order valence-electron chi connectivity index (χ3n) is 4.75. The summed E-state index contributed by atoms with van der Waals surface area (Å²) in [4.78, 5) is 39.1. The predicted octanol–water partition coefficient (Wildman–Crippen LogP) is 5.05. The Hall–Kier alpha value is -0.990. The quantitative estimate of drug-likeness (QED) is 0.254. The molecule has 178 valence electrons. The van der Waals surface area contributed by atoms with Crippen molar-refractivity contribution in [2.45, 2.75) is 57.7 Å². The molecule has 7 nitrogen and oxygen atoms in total. The van der Waals surface area contributed by atoms with Gasteiger partial charge in [-0.15, -0.1) is 0 Å². The van der Waals surface area contributed by atoms with Gasteiger partial charge in [0.05, 0.1) is 5.56 Å². The summed E-state index contributed by atoms with van der Waals surface area (Å²) in [5.41, 5.74) is -0.298. The Labute approximate surface area is 179 Å². The van der Waals surface area contributed by atoms with Gasteiger partial charge in [0, 0.05) is 13.0 Å². The van der Waals surface area contributed by atoms with Gasteiger partial charge in [-0.1, -0.05) is 36.8 Å². The Balaban J connectivity index is 3.14. The summed E-state index contributed by atoms with van der Waals surface area (Å²) in [5.74, 6) is 0.0235. The molecule has 0 aromatic heterocycles. The molecular weight excluding hydrogens is 459 g/mol. The summed E-state index contributed by atoms with van der Waals surface area (Å²) in [6, 6.07) is 3.43. The second kappa shape index (κ2) is 10.8. The Morgan fingerprint density at radius 1 is 1.10 bits per heavy atom. The fourth-order valence-corrected chi connectivity index (χ4v) is 5.60. The van der Waals surface area contributed by atoms with Gasteiger partial charge < -0.3 is 24.3 Å². The zero-order valence-electron chi connectivity index (χ0n) is 17.5. The zero-order valence-corrected chi connectivity index (χ0v) is 19.3. The first-order valence-corrected chi connectivity index (χ1v) is 12.8. The molecule has 1 aromatic carbocycles. The van der Waals surface area contributed by atoms with Crippen LogP contribution in [-0.4, -0.2) is 31.3 Å². The normalized spacial score (nSPS) is 14.4. The van der Waals surface area contributed by atoms with E-state index in [9.17, 15) is 41.9 Å². The largest absolute Gasteiger partial charge is 0.416 e. The molecule has 0 saturated carbocycles. The van der Waals surface area contributed by atoms with Crippen molar-refractivity contribution in [1.29, 1.82) is 0 Å². The lowest BCUT2D eigenvalue weighted by atomic mass is 10.0. The van der Waals surface area contributed by atoms with E-state index in [0.29, 0.717) is 6.07 Å². The van der Waals surface area contributed by atoms with Crippen molar-refractivity contribution in [2.75, 3.05) is 6.61 Å². The molecule has 0 spiro atoms. The standard InChI is InChI=1S/C19H29F3O7P2/c1-14(2)6-4-7-15(3)10-11-29-18(30(23,24)25,31(26,27)28)13-16-8-5-9-17(12-16)19(20,21)22/h5-6,8-9,12,15H,4,7,10-11,13H2,1-3H3,(H2,23,24,25)(H2,26,27,28)/t15-/m0/s1. The van der Waals surface area contributed by atoms with Crippen LogP contribution in [0.3, 0.4) is 0 Å². The molecule has 0 heterocycles. The number of halogens is 3. The highest BCUT2D eigenvalue weighted by Gasteiger charge is 2.61. The molecule has 0 fully saturated rings. The second-order valence-corrected chi connectivity index (χ2v) is 11.8. The third-order valence-corrected chi connectivity index (χ3v) is 8.71. The van der Waals surface area contributed by atoms with Gasteiger partial charge >= 0.3 is 21.4 Å². The Bertz CT molecular complexity index is 832.